The number of hydrogen-bond acceptors (Lipinski definition) is 4. The van der Waals surface area contributed by atoms with Gasteiger partial charge < -0.3 is 4.74 Å². The molecule has 1 N–H and O–H groups in total. The number of ether oxygens (including phenoxy) is 1. The molecule has 0 aromatic heterocycles. The summed E-state index contributed by atoms with van der Waals surface area (Å²) in [6.07, 6.45) is -5.02. The summed E-state index contributed by atoms with van der Waals surface area (Å²) in [6.45, 7) is -0.194. The van der Waals surface area contributed by atoms with Gasteiger partial charge >= 0.3 is 6.18 Å². The van der Waals surface area contributed by atoms with Gasteiger partial charge in [-0.1, -0.05) is 0 Å². The lowest BCUT2D eigenvalue weighted by Gasteiger charge is -2.12. The predicted molar refractivity (Wildman–Crippen MR) is 79.8 cm³/mol. The van der Waals surface area contributed by atoms with E-state index in [0.717, 1.165) is 6.07 Å². The summed E-state index contributed by atoms with van der Waals surface area (Å²) in [5, 5.41) is 8.39. The van der Waals surface area contributed by atoms with E-state index in [1.54, 1.807) is 6.07 Å². The average Bonchev–Trinajstić information content (AvgIpc) is 2.53. The predicted octanol–water partition coefficient (Wildman–Crippen LogP) is 3.55. The Balaban J connectivity index is 2.26. The van der Waals surface area contributed by atoms with Crippen molar-refractivity contribution >= 4 is 15.7 Å². The van der Waals surface area contributed by atoms with Crippen molar-refractivity contribution in [3.8, 4) is 11.8 Å². The Labute approximate surface area is 140 Å². The molecule has 0 fully saturated rings. The Morgan fingerprint density at radius 2 is 1.76 bits per heavy atom. The molecule has 0 saturated heterocycles. The van der Waals surface area contributed by atoms with Crippen molar-refractivity contribution < 1.29 is 30.7 Å². The summed E-state index contributed by atoms with van der Waals surface area (Å²) in [6, 6.07) is 8.51. The number of alkyl halides is 3. The van der Waals surface area contributed by atoms with Gasteiger partial charge in [-0.3, -0.25) is 4.72 Å². The molecule has 0 aliphatic heterocycles. The highest BCUT2D eigenvalue weighted by Crippen LogP contribution is 2.33. The van der Waals surface area contributed by atoms with Crippen LogP contribution < -0.4 is 9.46 Å². The van der Waals surface area contributed by atoms with Gasteiger partial charge in [-0.25, -0.2) is 12.8 Å². The maximum absolute atomic E-state index is 13.3. The van der Waals surface area contributed by atoms with Crippen molar-refractivity contribution in [3.05, 3.63) is 53.8 Å². The van der Waals surface area contributed by atoms with E-state index in [1.165, 1.54) is 24.3 Å². The van der Waals surface area contributed by atoms with E-state index in [9.17, 15) is 26.0 Å². The van der Waals surface area contributed by atoms with Gasteiger partial charge in [0.1, 0.15) is 17.6 Å². The number of halogens is 4. The van der Waals surface area contributed by atoms with E-state index < -0.39 is 32.5 Å². The minimum absolute atomic E-state index is 0.0576. The molecule has 0 saturated carbocycles. The SMILES string of the molecule is N#CCOc1ccc(NS(=O)(=O)c2ccc(F)c(C(F)(F)F)c2)cc1. The van der Waals surface area contributed by atoms with Gasteiger partial charge in [-0.15, -0.1) is 0 Å². The van der Waals surface area contributed by atoms with Crippen molar-refractivity contribution in [2.24, 2.45) is 0 Å². The molecule has 0 unspecified atom stereocenters. The van der Waals surface area contributed by atoms with E-state index in [-0.39, 0.29) is 18.4 Å². The molecule has 0 atom stereocenters. The molecule has 2 rings (SSSR count). The fourth-order valence-electron chi connectivity index (χ4n) is 1.84. The third kappa shape index (κ3) is 4.60. The molecule has 2 aromatic rings. The van der Waals surface area contributed by atoms with Crippen molar-refractivity contribution in [3.63, 3.8) is 0 Å². The van der Waals surface area contributed by atoms with Gasteiger partial charge in [-0.2, -0.15) is 18.4 Å². The molecule has 25 heavy (non-hydrogen) atoms. The van der Waals surface area contributed by atoms with Crippen LogP contribution in [0, 0.1) is 17.1 Å². The molecule has 0 amide bonds. The molecule has 0 aliphatic rings. The van der Waals surface area contributed by atoms with Crippen LogP contribution in [0.3, 0.4) is 0 Å². The van der Waals surface area contributed by atoms with Crippen molar-refractivity contribution in [1.82, 2.24) is 0 Å². The Hall–Kier alpha value is -2.80. The number of benzene rings is 2. The fourth-order valence-corrected chi connectivity index (χ4v) is 2.92. The Morgan fingerprint density at radius 1 is 1.12 bits per heavy atom. The average molecular weight is 374 g/mol. The summed E-state index contributed by atoms with van der Waals surface area (Å²) in [4.78, 5) is -0.731. The molecule has 0 aliphatic carbocycles. The third-order valence-electron chi connectivity index (χ3n) is 2.96. The molecule has 0 radical (unpaired) electrons. The molecule has 5 nitrogen and oxygen atoms in total. The van der Waals surface area contributed by atoms with Crippen molar-refractivity contribution in [1.29, 1.82) is 5.26 Å². The van der Waals surface area contributed by atoms with Crippen LogP contribution in [0.1, 0.15) is 5.56 Å². The van der Waals surface area contributed by atoms with E-state index in [0.29, 0.717) is 11.8 Å². The topological polar surface area (TPSA) is 79.2 Å². The zero-order valence-corrected chi connectivity index (χ0v) is 13.2. The maximum Gasteiger partial charge on any atom is 0.419 e. The monoisotopic (exact) mass is 374 g/mol. The van der Waals surface area contributed by atoms with E-state index in [1.807, 2.05) is 0 Å². The normalized spacial score (nSPS) is 11.6. The van der Waals surface area contributed by atoms with E-state index >= 15 is 0 Å². The standard InChI is InChI=1S/C15H10F4N2O3S/c16-14-6-5-12(9-13(14)15(17,18)19)25(22,23)21-10-1-3-11(4-2-10)24-8-7-20/h1-6,9,21H,8H2. The maximum atomic E-state index is 13.3. The number of nitrogens with one attached hydrogen (secondary N) is 1. The van der Waals surface area contributed by atoms with Crippen LogP contribution in [0.5, 0.6) is 5.75 Å². The van der Waals surface area contributed by atoms with E-state index in [4.69, 9.17) is 10.00 Å². The summed E-state index contributed by atoms with van der Waals surface area (Å²) in [5.74, 6) is -1.25. The number of rotatable bonds is 5. The van der Waals surface area contributed by atoms with Crippen LogP contribution in [0.2, 0.25) is 0 Å². The Bertz CT molecular complexity index is 904. The summed E-state index contributed by atoms with van der Waals surface area (Å²) in [5.41, 5.74) is -1.61. The Kier molecular flexibility index (Phi) is 5.18. The lowest BCUT2D eigenvalue weighted by molar-refractivity contribution is -0.140. The largest absolute Gasteiger partial charge is 0.479 e. The van der Waals surface area contributed by atoms with Crippen LogP contribution in [-0.4, -0.2) is 15.0 Å². The highest BCUT2D eigenvalue weighted by molar-refractivity contribution is 7.92. The van der Waals surface area contributed by atoms with Crippen LogP contribution in [-0.2, 0) is 16.2 Å². The number of sulfonamides is 1. The quantitative estimate of drug-likeness (QED) is 0.812. The number of nitrogens with zero attached hydrogens (tertiary/aromatic N) is 1. The first-order valence-electron chi connectivity index (χ1n) is 6.63. The van der Waals surface area contributed by atoms with Crippen LogP contribution in [0.15, 0.2) is 47.4 Å². The molecule has 10 heteroatoms. The van der Waals surface area contributed by atoms with Gasteiger partial charge in [0.25, 0.3) is 10.0 Å². The van der Waals surface area contributed by atoms with Crippen LogP contribution >= 0.6 is 0 Å². The second-order valence-corrected chi connectivity index (χ2v) is 6.40. The third-order valence-corrected chi connectivity index (χ3v) is 4.34. The summed E-state index contributed by atoms with van der Waals surface area (Å²) in [7, 11) is -4.35. The molecule has 132 valence electrons. The second-order valence-electron chi connectivity index (χ2n) is 4.72. The molecule has 0 spiro atoms. The van der Waals surface area contributed by atoms with Gasteiger partial charge in [-0.05, 0) is 42.5 Å². The number of hydrogen-bond donors (Lipinski definition) is 1. The zero-order chi connectivity index (χ0) is 18.7. The highest BCUT2D eigenvalue weighted by atomic mass is 32.2. The minimum Gasteiger partial charge on any atom is -0.479 e. The van der Waals surface area contributed by atoms with Crippen molar-refractivity contribution in [2.75, 3.05) is 11.3 Å². The summed E-state index contributed by atoms with van der Waals surface area (Å²) < 4.78 is 82.8. The second kappa shape index (κ2) is 6.98. The lowest BCUT2D eigenvalue weighted by atomic mass is 10.2. The molecule has 0 bridgehead atoms. The fraction of sp³-hybridized carbons (Fsp3) is 0.133. The minimum atomic E-state index is -5.02. The molecule has 0 heterocycles. The first kappa shape index (κ1) is 18.5. The first-order chi connectivity index (χ1) is 11.6. The highest BCUT2D eigenvalue weighted by Gasteiger charge is 2.35. The van der Waals surface area contributed by atoms with Crippen LogP contribution in [0.4, 0.5) is 23.2 Å². The number of nitriles is 1. The lowest BCUT2D eigenvalue weighted by Crippen LogP contribution is -2.15. The molecular weight excluding hydrogens is 364 g/mol. The van der Waals surface area contributed by atoms with Crippen molar-refractivity contribution in [2.45, 2.75) is 11.1 Å². The Morgan fingerprint density at radius 3 is 2.32 bits per heavy atom. The van der Waals surface area contributed by atoms with Gasteiger partial charge in [0.2, 0.25) is 0 Å². The summed E-state index contributed by atoms with van der Waals surface area (Å²) >= 11 is 0. The van der Waals surface area contributed by atoms with Crippen LogP contribution in [0.25, 0.3) is 0 Å². The first-order valence-corrected chi connectivity index (χ1v) is 8.11. The molecular formula is C15H10F4N2O3S. The zero-order valence-electron chi connectivity index (χ0n) is 12.3. The van der Waals surface area contributed by atoms with E-state index in [2.05, 4.69) is 4.72 Å². The van der Waals surface area contributed by atoms with Gasteiger partial charge in [0, 0.05) is 5.69 Å². The number of anilines is 1. The van der Waals surface area contributed by atoms with Gasteiger partial charge in [0.05, 0.1) is 10.5 Å². The molecule has 2 aromatic carbocycles. The smallest absolute Gasteiger partial charge is 0.419 e. The van der Waals surface area contributed by atoms with Gasteiger partial charge in [0.15, 0.2) is 6.61 Å².